The summed E-state index contributed by atoms with van der Waals surface area (Å²) in [5.74, 6) is 1.19. The molecule has 132 valence electrons. The van der Waals surface area contributed by atoms with Crippen molar-refractivity contribution in [1.29, 1.82) is 0 Å². The lowest BCUT2D eigenvalue weighted by molar-refractivity contribution is 0.0704. The molecule has 4 rings (SSSR count). The number of rotatable bonds is 3. The summed E-state index contributed by atoms with van der Waals surface area (Å²) in [4.78, 5) is 19.1. The number of nitrogens with one attached hydrogen (secondary N) is 1. The van der Waals surface area contributed by atoms with Gasteiger partial charge in [-0.2, -0.15) is 5.10 Å². The lowest BCUT2D eigenvalue weighted by Crippen LogP contribution is -2.39. The number of hydrogen-bond acceptors (Lipinski definition) is 3. The van der Waals surface area contributed by atoms with Gasteiger partial charge in [-0.25, -0.2) is 9.37 Å². The highest BCUT2D eigenvalue weighted by Gasteiger charge is 2.27. The number of H-pyrrole nitrogens is 1. The number of hydrogen-bond donors (Lipinski definition) is 1. The zero-order chi connectivity index (χ0) is 17.9. The van der Waals surface area contributed by atoms with E-state index in [1.807, 2.05) is 35.2 Å². The highest BCUT2D eigenvalue weighted by Crippen LogP contribution is 2.27. The number of aromatic amines is 1. The molecule has 3 aromatic rings. The number of piperidine rings is 1. The topological polar surface area (TPSA) is 61.9 Å². The molecule has 1 unspecified atom stereocenters. The SMILES string of the molecule is O=C(c1ccc(F)cc1)N1CCCC(c2nc(-c3ccccc3)n[nH]2)C1. The Balaban J connectivity index is 1.49. The van der Waals surface area contributed by atoms with Gasteiger partial charge in [-0.1, -0.05) is 30.3 Å². The Morgan fingerprint density at radius 1 is 1.12 bits per heavy atom. The molecule has 26 heavy (non-hydrogen) atoms. The molecule has 1 saturated heterocycles. The highest BCUT2D eigenvalue weighted by molar-refractivity contribution is 5.94. The van der Waals surface area contributed by atoms with Gasteiger partial charge in [0.15, 0.2) is 5.82 Å². The third-order valence-corrected chi connectivity index (χ3v) is 4.72. The van der Waals surface area contributed by atoms with Crippen molar-refractivity contribution in [2.24, 2.45) is 0 Å². The van der Waals surface area contributed by atoms with Crippen molar-refractivity contribution >= 4 is 5.91 Å². The van der Waals surface area contributed by atoms with Crippen LogP contribution in [-0.2, 0) is 0 Å². The van der Waals surface area contributed by atoms with Gasteiger partial charge in [0.1, 0.15) is 11.6 Å². The minimum atomic E-state index is -0.340. The summed E-state index contributed by atoms with van der Waals surface area (Å²) < 4.78 is 13.1. The normalized spacial score (nSPS) is 17.3. The Morgan fingerprint density at radius 2 is 1.88 bits per heavy atom. The standard InChI is InChI=1S/C20H19FN4O/c21-17-10-8-15(9-11-17)20(26)25-12-4-7-16(13-25)19-22-18(23-24-19)14-5-2-1-3-6-14/h1-3,5-6,8-11,16H,4,7,12-13H2,(H,22,23,24). The van der Waals surface area contributed by atoms with Crippen LogP contribution in [0.25, 0.3) is 11.4 Å². The maximum Gasteiger partial charge on any atom is 0.253 e. The van der Waals surface area contributed by atoms with Crippen molar-refractivity contribution in [2.45, 2.75) is 18.8 Å². The molecule has 1 fully saturated rings. The van der Waals surface area contributed by atoms with Gasteiger partial charge in [-0.15, -0.1) is 0 Å². The Labute approximate surface area is 150 Å². The smallest absolute Gasteiger partial charge is 0.253 e. The van der Waals surface area contributed by atoms with Crippen LogP contribution in [0.5, 0.6) is 0 Å². The van der Waals surface area contributed by atoms with Crippen LogP contribution in [0.1, 0.15) is 34.9 Å². The molecule has 0 aliphatic carbocycles. The van der Waals surface area contributed by atoms with Crippen LogP contribution < -0.4 is 0 Å². The minimum absolute atomic E-state index is 0.0718. The van der Waals surface area contributed by atoms with Crippen molar-refractivity contribution in [3.63, 3.8) is 0 Å². The van der Waals surface area contributed by atoms with E-state index >= 15 is 0 Å². The maximum atomic E-state index is 13.1. The molecule has 1 aliphatic rings. The van der Waals surface area contributed by atoms with Crippen LogP contribution in [0, 0.1) is 5.82 Å². The molecule has 0 bridgehead atoms. The third kappa shape index (κ3) is 3.35. The van der Waals surface area contributed by atoms with E-state index in [9.17, 15) is 9.18 Å². The van der Waals surface area contributed by atoms with Crippen LogP contribution in [0.15, 0.2) is 54.6 Å². The van der Waals surface area contributed by atoms with Gasteiger partial charge in [-0.3, -0.25) is 9.89 Å². The summed E-state index contributed by atoms with van der Waals surface area (Å²) in [6.45, 7) is 1.28. The van der Waals surface area contributed by atoms with E-state index in [4.69, 9.17) is 0 Å². The van der Waals surface area contributed by atoms with Gasteiger partial charge < -0.3 is 4.90 Å². The first-order chi connectivity index (χ1) is 12.7. The summed E-state index contributed by atoms with van der Waals surface area (Å²) in [5, 5.41) is 7.35. The van der Waals surface area contributed by atoms with E-state index in [0.29, 0.717) is 24.5 Å². The predicted octanol–water partition coefficient (Wildman–Crippen LogP) is 3.63. The number of aromatic nitrogens is 3. The maximum absolute atomic E-state index is 13.1. The van der Waals surface area contributed by atoms with Crippen molar-refractivity contribution in [3.8, 4) is 11.4 Å². The van der Waals surface area contributed by atoms with Crippen LogP contribution in [-0.4, -0.2) is 39.1 Å². The predicted molar refractivity (Wildman–Crippen MR) is 96.1 cm³/mol. The first kappa shape index (κ1) is 16.4. The number of halogens is 1. The molecular formula is C20H19FN4O. The Bertz CT molecular complexity index is 892. The summed E-state index contributed by atoms with van der Waals surface area (Å²) in [5.41, 5.74) is 1.47. The Kier molecular flexibility index (Phi) is 4.48. The molecule has 2 heterocycles. The number of benzene rings is 2. The number of amides is 1. The van der Waals surface area contributed by atoms with E-state index in [1.54, 1.807) is 0 Å². The fraction of sp³-hybridized carbons (Fsp3) is 0.250. The van der Waals surface area contributed by atoms with Gasteiger partial charge >= 0.3 is 0 Å². The molecule has 5 nitrogen and oxygen atoms in total. The Hall–Kier alpha value is -3.02. The minimum Gasteiger partial charge on any atom is -0.338 e. The van der Waals surface area contributed by atoms with Crippen LogP contribution in [0.4, 0.5) is 4.39 Å². The molecule has 0 spiro atoms. The lowest BCUT2D eigenvalue weighted by Gasteiger charge is -2.31. The van der Waals surface area contributed by atoms with Gasteiger partial charge in [-0.05, 0) is 37.1 Å². The number of carbonyl (C=O) groups is 1. The fourth-order valence-electron chi connectivity index (χ4n) is 3.33. The molecule has 0 radical (unpaired) electrons. The monoisotopic (exact) mass is 350 g/mol. The summed E-state index contributed by atoms with van der Waals surface area (Å²) in [6, 6.07) is 15.5. The molecule has 1 atom stereocenters. The quantitative estimate of drug-likeness (QED) is 0.785. The second-order valence-electron chi connectivity index (χ2n) is 6.51. The summed E-state index contributed by atoms with van der Waals surface area (Å²) in [7, 11) is 0. The summed E-state index contributed by atoms with van der Waals surface area (Å²) >= 11 is 0. The second-order valence-corrected chi connectivity index (χ2v) is 6.51. The van der Waals surface area contributed by atoms with Crippen molar-refractivity contribution < 1.29 is 9.18 Å². The van der Waals surface area contributed by atoms with Crippen molar-refractivity contribution in [2.75, 3.05) is 13.1 Å². The second kappa shape index (κ2) is 7.07. The number of likely N-dealkylation sites (tertiary alicyclic amines) is 1. The third-order valence-electron chi connectivity index (χ3n) is 4.72. The molecular weight excluding hydrogens is 331 g/mol. The van der Waals surface area contributed by atoms with Crippen LogP contribution >= 0.6 is 0 Å². The van der Waals surface area contributed by atoms with Crippen LogP contribution in [0.3, 0.4) is 0 Å². The first-order valence-corrected chi connectivity index (χ1v) is 8.73. The highest BCUT2D eigenvalue weighted by atomic mass is 19.1. The molecule has 6 heteroatoms. The molecule has 1 aromatic heterocycles. The molecule has 1 N–H and O–H groups in total. The fourth-order valence-corrected chi connectivity index (χ4v) is 3.33. The van der Waals surface area contributed by atoms with Crippen molar-refractivity contribution in [1.82, 2.24) is 20.1 Å². The molecule has 1 amide bonds. The zero-order valence-corrected chi connectivity index (χ0v) is 14.2. The van der Waals surface area contributed by atoms with Gasteiger partial charge in [0.2, 0.25) is 0 Å². The van der Waals surface area contributed by atoms with E-state index in [0.717, 1.165) is 24.2 Å². The lowest BCUT2D eigenvalue weighted by atomic mass is 9.96. The first-order valence-electron chi connectivity index (χ1n) is 8.73. The van der Waals surface area contributed by atoms with Gasteiger partial charge in [0.25, 0.3) is 5.91 Å². The van der Waals surface area contributed by atoms with E-state index in [1.165, 1.54) is 24.3 Å². The van der Waals surface area contributed by atoms with Crippen molar-refractivity contribution in [3.05, 3.63) is 71.8 Å². The van der Waals surface area contributed by atoms with Crippen LogP contribution in [0.2, 0.25) is 0 Å². The Morgan fingerprint density at radius 3 is 2.65 bits per heavy atom. The van der Waals surface area contributed by atoms with E-state index in [-0.39, 0.29) is 17.6 Å². The van der Waals surface area contributed by atoms with Gasteiger partial charge in [0.05, 0.1) is 0 Å². The van der Waals surface area contributed by atoms with E-state index in [2.05, 4.69) is 15.2 Å². The average molecular weight is 350 g/mol. The average Bonchev–Trinajstić information content (AvgIpc) is 3.19. The number of carbonyl (C=O) groups excluding carboxylic acids is 1. The molecule has 2 aromatic carbocycles. The van der Waals surface area contributed by atoms with Gasteiger partial charge in [0, 0.05) is 30.1 Å². The van der Waals surface area contributed by atoms with E-state index < -0.39 is 0 Å². The molecule has 1 aliphatic heterocycles. The zero-order valence-electron chi connectivity index (χ0n) is 14.2. The summed E-state index contributed by atoms with van der Waals surface area (Å²) in [6.07, 6.45) is 1.86. The largest absolute Gasteiger partial charge is 0.338 e. The molecule has 0 saturated carbocycles. The number of nitrogens with zero attached hydrogens (tertiary/aromatic N) is 3.